The van der Waals surface area contributed by atoms with Crippen LogP contribution in [0, 0.1) is 18.6 Å². The van der Waals surface area contributed by atoms with Gasteiger partial charge in [0, 0.05) is 10.6 Å². The van der Waals surface area contributed by atoms with Crippen molar-refractivity contribution in [3.05, 3.63) is 71.6 Å². The van der Waals surface area contributed by atoms with E-state index < -0.39 is 38.4 Å². The normalized spacial score (nSPS) is 14.5. The van der Waals surface area contributed by atoms with Crippen LogP contribution in [0.3, 0.4) is 0 Å². The van der Waals surface area contributed by atoms with Crippen molar-refractivity contribution in [3.8, 4) is 0 Å². The zero-order chi connectivity index (χ0) is 17.2. The van der Waals surface area contributed by atoms with Crippen LogP contribution in [-0.4, -0.2) is 19.6 Å². The molecular formula is C16H14ClF2O3S. The fraction of sp³-hybridized carbons (Fsp3) is 0.188. The maximum Gasteiger partial charge on any atom is 0.188 e. The molecule has 0 spiro atoms. The van der Waals surface area contributed by atoms with Gasteiger partial charge < -0.3 is 5.11 Å². The lowest BCUT2D eigenvalue weighted by Crippen LogP contribution is -2.27. The largest absolute Gasteiger partial charge is 0.391 e. The van der Waals surface area contributed by atoms with E-state index >= 15 is 0 Å². The number of aliphatic hydroxyl groups excluding tert-OH is 1. The fourth-order valence-corrected chi connectivity index (χ4v) is 4.24. The van der Waals surface area contributed by atoms with Gasteiger partial charge in [-0.2, -0.15) is 0 Å². The highest BCUT2D eigenvalue weighted by molar-refractivity contribution is 7.91. The summed E-state index contributed by atoms with van der Waals surface area (Å²) in [6, 6.07) is 7.70. The predicted octanol–water partition coefficient (Wildman–Crippen LogP) is 3.72. The molecule has 0 amide bonds. The average Bonchev–Trinajstić information content (AvgIpc) is 2.51. The molecule has 1 N–H and O–H groups in total. The highest BCUT2D eigenvalue weighted by Gasteiger charge is 2.36. The number of benzene rings is 2. The van der Waals surface area contributed by atoms with E-state index in [0.29, 0.717) is 5.02 Å². The zero-order valence-corrected chi connectivity index (χ0v) is 13.5. The van der Waals surface area contributed by atoms with E-state index in [4.69, 9.17) is 11.6 Å². The van der Waals surface area contributed by atoms with Crippen LogP contribution in [0.5, 0.6) is 0 Å². The number of aliphatic hydroxyl groups is 1. The van der Waals surface area contributed by atoms with E-state index in [1.807, 2.05) is 0 Å². The molecule has 3 nitrogen and oxygen atoms in total. The Morgan fingerprint density at radius 1 is 1.13 bits per heavy atom. The van der Waals surface area contributed by atoms with Crippen molar-refractivity contribution in [2.75, 3.05) is 0 Å². The van der Waals surface area contributed by atoms with Gasteiger partial charge in [0.05, 0.1) is 11.0 Å². The Kier molecular flexibility index (Phi) is 5.39. The first kappa shape index (κ1) is 17.8. The van der Waals surface area contributed by atoms with Gasteiger partial charge in [-0.15, -0.1) is 0 Å². The molecule has 1 radical (unpaired) electrons. The lowest BCUT2D eigenvalue weighted by atomic mass is 10.0. The molecule has 23 heavy (non-hydrogen) atoms. The number of hydrogen-bond donors (Lipinski definition) is 1. The summed E-state index contributed by atoms with van der Waals surface area (Å²) in [5.41, 5.74) is -0.434. The molecule has 2 atom stereocenters. The van der Waals surface area contributed by atoms with Gasteiger partial charge in [-0.3, -0.25) is 0 Å². The Bertz CT molecular complexity index is 791. The summed E-state index contributed by atoms with van der Waals surface area (Å²) < 4.78 is 53.1. The predicted molar refractivity (Wildman–Crippen MR) is 83.7 cm³/mol. The Morgan fingerprint density at radius 3 is 2.30 bits per heavy atom. The standard InChI is InChI=1S/C16H14ClF2O3S/c1-2-15(20)16(13-9-11(18)5-8-14(13)19)23(21,22)12-6-3-10(17)4-7-12/h3-9,15-16,20H,1-2H2. The quantitative estimate of drug-likeness (QED) is 0.885. The summed E-state index contributed by atoms with van der Waals surface area (Å²) in [5.74, 6) is -1.71. The maximum absolute atomic E-state index is 14.0. The van der Waals surface area contributed by atoms with Crippen molar-refractivity contribution in [3.63, 3.8) is 0 Å². The van der Waals surface area contributed by atoms with E-state index in [-0.39, 0.29) is 11.3 Å². The van der Waals surface area contributed by atoms with Crippen LogP contribution in [0.15, 0.2) is 47.4 Å². The van der Waals surface area contributed by atoms with E-state index in [1.165, 1.54) is 24.3 Å². The molecule has 2 aromatic rings. The molecule has 2 rings (SSSR count). The van der Waals surface area contributed by atoms with Crippen LogP contribution in [0.4, 0.5) is 8.78 Å². The average molecular weight is 360 g/mol. The van der Waals surface area contributed by atoms with Gasteiger partial charge in [0.15, 0.2) is 9.84 Å². The second kappa shape index (κ2) is 6.95. The van der Waals surface area contributed by atoms with Crippen molar-refractivity contribution in [1.82, 2.24) is 0 Å². The summed E-state index contributed by atoms with van der Waals surface area (Å²) in [4.78, 5) is -0.150. The SMILES string of the molecule is [CH2]CC(O)C(c1cc(F)ccc1F)S(=O)(=O)c1ccc(Cl)cc1. The van der Waals surface area contributed by atoms with Gasteiger partial charge in [-0.1, -0.05) is 18.5 Å². The van der Waals surface area contributed by atoms with E-state index in [1.54, 1.807) is 0 Å². The molecule has 123 valence electrons. The van der Waals surface area contributed by atoms with Crippen LogP contribution in [0.1, 0.15) is 17.2 Å². The van der Waals surface area contributed by atoms with Gasteiger partial charge in [0.25, 0.3) is 0 Å². The van der Waals surface area contributed by atoms with Gasteiger partial charge in [0.2, 0.25) is 0 Å². The third-order valence-corrected chi connectivity index (χ3v) is 5.80. The molecule has 2 unspecified atom stereocenters. The van der Waals surface area contributed by atoms with Gasteiger partial charge in [-0.25, -0.2) is 17.2 Å². The molecule has 0 saturated carbocycles. The minimum absolute atomic E-state index is 0.150. The summed E-state index contributed by atoms with van der Waals surface area (Å²) in [6.45, 7) is 3.45. The summed E-state index contributed by atoms with van der Waals surface area (Å²) in [5, 5.41) is 8.74. The third kappa shape index (κ3) is 3.71. The van der Waals surface area contributed by atoms with Crippen molar-refractivity contribution >= 4 is 21.4 Å². The first-order chi connectivity index (χ1) is 10.8. The van der Waals surface area contributed by atoms with Gasteiger partial charge >= 0.3 is 0 Å². The first-order valence-corrected chi connectivity index (χ1v) is 8.61. The monoisotopic (exact) mass is 359 g/mol. The molecule has 0 saturated heterocycles. The second-order valence-corrected chi connectivity index (χ2v) is 7.45. The molecule has 2 aromatic carbocycles. The lowest BCUT2D eigenvalue weighted by molar-refractivity contribution is 0.169. The highest BCUT2D eigenvalue weighted by atomic mass is 35.5. The maximum atomic E-state index is 14.0. The molecule has 0 bridgehead atoms. The molecule has 0 aliphatic rings. The van der Waals surface area contributed by atoms with Gasteiger partial charge in [-0.05, 0) is 48.9 Å². The topological polar surface area (TPSA) is 54.4 Å². The molecule has 0 aliphatic heterocycles. The van der Waals surface area contributed by atoms with Crippen molar-refractivity contribution in [2.45, 2.75) is 22.7 Å². The van der Waals surface area contributed by atoms with Gasteiger partial charge in [0.1, 0.15) is 16.9 Å². The third-order valence-electron chi connectivity index (χ3n) is 3.39. The fourth-order valence-electron chi connectivity index (χ4n) is 2.24. The van der Waals surface area contributed by atoms with Crippen LogP contribution < -0.4 is 0 Å². The summed E-state index contributed by atoms with van der Waals surface area (Å²) >= 11 is 5.73. The number of rotatable bonds is 5. The highest BCUT2D eigenvalue weighted by Crippen LogP contribution is 2.35. The van der Waals surface area contributed by atoms with E-state index in [9.17, 15) is 22.3 Å². The van der Waals surface area contributed by atoms with Crippen molar-refractivity contribution < 1.29 is 22.3 Å². The second-order valence-electron chi connectivity index (χ2n) is 4.94. The lowest BCUT2D eigenvalue weighted by Gasteiger charge is -2.23. The molecule has 7 heteroatoms. The first-order valence-electron chi connectivity index (χ1n) is 6.69. The zero-order valence-electron chi connectivity index (χ0n) is 11.9. The summed E-state index contributed by atoms with van der Waals surface area (Å²) in [7, 11) is -4.18. The van der Waals surface area contributed by atoms with Crippen LogP contribution >= 0.6 is 11.6 Å². The van der Waals surface area contributed by atoms with Crippen LogP contribution in [-0.2, 0) is 9.84 Å². The molecular weight excluding hydrogens is 346 g/mol. The Morgan fingerprint density at radius 2 is 1.74 bits per heavy atom. The van der Waals surface area contributed by atoms with Crippen LogP contribution in [0.25, 0.3) is 0 Å². The number of halogens is 3. The molecule has 0 fully saturated rings. The van der Waals surface area contributed by atoms with E-state index in [0.717, 1.165) is 18.2 Å². The van der Waals surface area contributed by atoms with Crippen molar-refractivity contribution in [1.29, 1.82) is 0 Å². The Hall–Kier alpha value is -1.50. The molecule has 0 aromatic heterocycles. The Labute approximate surface area is 138 Å². The smallest absolute Gasteiger partial charge is 0.188 e. The number of hydrogen-bond acceptors (Lipinski definition) is 3. The van der Waals surface area contributed by atoms with Crippen LogP contribution in [0.2, 0.25) is 5.02 Å². The molecule has 0 aliphatic carbocycles. The minimum atomic E-state index is -4.18. The van der Waals surface area contributed by atoms with E-state index in [2.05, 4.69) is 6.92 Å². The number of sulfone groups is 1. The minimum Gasteiger partial charge on any atom is -0.391 e. The summed E-state index contributed by atoms with van der Waals surface area (Å²) in [6.07, 6.45) is -1.68. The Balaban J connectivity index is 2.63. The molecule has 0 heterocycles. The van der Waals surface area contributed by atoms with Crippen molar-refractivity contribution in [2.24, 2.45) is 0 Å².